The number of hydrogen-bond acceptors (Lipinski definition) is 3. The summed E-state index contributed by atoms with van der Waals surface area (Å²) in [6.45, 7) is 8.23. The zero-order valence-corrected chi connectivity index (χ0v) is 16.5. The van der Waals surface area contributed by atoms with E-state index in [0.29, 0.717) is 11.4 Å². The molecule has 0 amide bonds. The van der Waals surface area contributed by atoms with Crippen LogP contribution in [-0.4, -0.2) is 29.0 Å². The Morgan fingerprint density at radius 1 is 1.16 bits per heavy atom. The number of rotatable bonds is 4. The van der Waals surface area contributed by atoms with Gasteiger partial charge in [-0.2, -0.15) is 9.40 Å². The quantitative estimate of drug-likeness (QED) is 0.869. The van der Waals surface area contributed by atoms with E-state index in [1.54, 1.807) is 34.8 Å². The summed E-state index contributed by atoms with van der Waals surface area (Å²) >= 11 is 5.94. The Bertz CT molecular complexity index is 843. The van der Waals surface area contributed by atoms with Gasteiger partial charge >= 0.3 is 0 Å². The van der Waals surface area contributed by atoms with E-state index in [1.807, 2.05) is 0 Å². The van der Waals surface area contributed by atoms with Crippen molar-refractivity contribution in [1.82, 2.24) is 14.5 Å². The van der Waals surface area contributed by atoms with Gasteiger partial charge in [0.05, 0.1) is 17.1 Å². The van der Waals surface area contributed by atoms with Gasteiger partial charge in [0.25, 0.3) is 0 Å². The molecule has 3 rings (SSSR count). The minimum absolute atomic E-state index is 0.124. The minimum atomic E-state index is -3.65. The molecule has 1 aliphatic heterocycles. The first kappa shape index (κ1) is 18.4. The second kappa shape index (κ2) is 6.74. The van der Waals surface area contributed by atoms with Crippen molar-refractivity contribution in [2.24, 2.45) is 11.8 Å². The summed E-state index contributed by atoms with van der Waals surface area (Å²) < 4.78 is 28.7. The van der Waals surface area contributed by atoms with Crippen molar-refractivity contribution in [3.05, 3.63) is 46.7 Å². The highest BCUT2D eigenvalue weighted by Gasteiger charge is 2.45. The van der Waals surface area contributed by atoms with E-state index in [2.05, 4.69) is 37.9 Å². The molecule has 1 aliphatic rings. The molecular formula is C18H24ClN3O2S. The van der Waals surface area contributed by atoms with Crippen molar-refractivity contribution in [3.8, 4) is 0 Å². The highest BCUT2D eigenvalue weighted by molar-refractivity contribution is 7.89. The molecule has 1 aromatic heterocycles. The fourth-order valence-corrected chi connectivity index (χ4v) is 5.80. The van der Waals surface area contributed by atoms with E-state index in [-0.39, 0.29) is 28.8 Å². The molecule has 0 fully saturated rings. The van der Waals surface area contributed by atoms with Crippen molar-refractivity contribution >= 4 is 21.6 Å². The van der Waals surface area contributed by atoms with Crippen LogP contribution in [0.3, 0.4) is 0 Å². The number of sulfonamides is 1. The topological polar surface area (TPSA) is 66.1 Å². The number of nitrogens with zero attached hydrogens (tertiary/aromatic N) is 2. The van der Waals surface area contributed by atoms with E-state index < -0.39 is 10.0 Å². The standard InChI is InChI=1S/C18H24ClN3O2S/c1-11(2)17-9-16-15(10-20-21-16)18(12(3)4)22(17)25(23,24)14-7-5-13(19)6-8-14/h5-8,10-12,17-18H,9H2,1-4H3,(H,20,21). The highest BCUT2D eigenvalue weighted by atomic mass is 35.5. The normalized spacial score (nSPS) is 21.7. The van der Waals surface area contributed by atoms with Crippen molar-refractivity contribution in [2.45, 2.75) is 51.1 Å². The molecule has 25 heavy (non-hydrogen) atoms. The Hall–Kier alpha value is -1.37. The van der Waals surface area contributed by atoms with Gasteiger partial charge in [0.1, 0.15) is 0 Å². The van der Waals surface area contributed by atoms with Crippen LogP contribution in [0.5, 0.6) is 0 Å². The summed E-state index contributed by atoms with van der Waals surface area (Å²) in [5.74, 6) is 0.305. The van der Waals surface area contributed by atoms with E-state index in [4.69, 9.17) is 11.6 Å². The Kier molecular flexibility index (Phi) is 4.97. The predicted molar refractivity (Wildman–Crippen MR) is 99.0 cm³/mol. The molecular weight excluding hydrogens is 358 g/mol. The fraction of sp³-hybridized carbons (Fsp3) is 0.500. The van der Waals surface area contributed by atoms with Crippen LogP contribution in [0.4, 0.5) is 0 Å². The maximum Gasteiger partial charge on any atom is 0.243 e. The number of aromatic nitrogens is 2. The van der Waals surface area contributed by atoms with Crippen LogP contribution < -0.4 is 0 Å². The molecule has 7 heteroatoms. The van der Waals surface area contributed by atoms with Gasteiger partial charge in [-0.25, -0.2) is 8.42 Å². The Labute approximate surface area is 154 Å². The maximum atomic E-state index is 13.5. The SMILES string of the molecule is CC(C)C1Cc2[nH]ncc2C(C(C)C)N1S(=O)(=O)c1ccc(Cl)cc1. The van der Waals surface area contributed by atoms with Crippen LogP contribution in [-0.2, 0) is 16.4 Å². The molecule has 0 radical (unpaired) electrons. The van der Waals surface area contributed by atoms with Crippen molar-refractivity contribution < 1.29 is 8.42 Å². The molecule has 1 aromatic carbocycles. The predicted octanol–water partition coefficient (Wildman–Crippen LogP) is 4.03. The van der Waals surface area contributed by atoms with E-state index in [1.165, 1.54) is 0 Å². The number of benzene rings is 1. The molecule has 0 aliphatic carbocycles. The third-order valence-corrected chi connectivity index (χ3v) is 7.05. The highest BCUT2D eigenvalue weighted by Crippen LogP contribution is 2.42. The van der Waals surface area contributed by atoms with E-state index >= 15 is 0 Å². The van der Waals surface area contributed by atoms with Crippen molar-refractivity contribution in [3.63, 3.8) is 0 Å². The average Bonchev–Trinajstić information content (AvgIpc) is 3.01. The van der Waals surface area contributed by atoms with Crippen LogP contribution in [0.1, 0.15) is 45.0 Å². The summed E-state index contributed by atoms with van der Waals surface area (Å²) in [5.41, 5.74) is 2.02. The van der Waals surface area contributed by atoms with Crippen LogP contribution in [0.15, 0.2) is 35.4 Å². The van der Waals surface area contributed by atoms with Gasteiger partial charge in [-0.3, -0.25) is 5.10 Å². The molecule has 2 heterocycles. The second-order valence-corrected chi connectivity index (χ2v) is 9.58. The number of hydrogen-bond donors (Lipinski definition) is 1. The zero-order valence-electron chi connectivity index (χ0n) is 14.9. The Morgan fingerprint density at radius 3 is 2.36 bits per heavy atom. The summed E-state index contributed by atoms with van der Waals surface area (Å²) in [5, 5.41) is 7.75. The molecule has 2 unspecified atom stereocenters. The van der Waals surface area contributed by atoms with E-state index in [9.17, 15) is 8.42 Å². The van der Waals surface area contributed by atoms with Crippen LogP contribution in [0.2, 0.25) is 5.02 Å². The largest absolute Gasteiger partial charge is 0.282 e. The van der Waals surface area contributed by atoms with Crippen molar-refractivity contribution in [2.75, 3.05) is 0 Å². The molecule has 0 spiro atoms. The smallest absolute Gasteiger partial charge is 0.243 e. The molecule has 136 valence electrons. The zero-order chi connectivity index (χ0) is 18.4. The summed E-state index contributed by atoms with van der Waals surface area (Å²) in [7, 11) is -3.65. The van der Waals surface area contributed by atoms with Gasteiger partial charge in [-0.15, -0.1) is 0 Å². The van der Waals surface area contributed by atoms with Gasteiger partial charge in [0.2, 0.25) is 10.0 Å². The van der Waals surface area contributed by atoms with Crippen LogP contribution >= 0.6 is 11.6 Å². The minimum Gasteiger partial charge on any atom is -0.282 e. The van der Waals surface area contributed by atoms with Gasteiger partial charge in [-0.05, 0) is 36.1 Å². The average molecular weight is 382 g/mol. The van der Waals surface area contributed by atoms with Crippen molar-refractivity contribution in [1.29, 1.82) is 0 Å². The van der Waals surface area contributed by atoms with Gasteiger partial charge in [0, 0.05) is 28.7 Å². The summed E-state index contributed by atoms with van der Waals surface area (Å²) in [6.07, 6.45) is 2.41. The first-order valence-corrected chi connectivity index (χ1v) is 10.4. The van der Waals surface area contributed by atoms with Crippen LogP contribution in [0.25, 0.3) is 0 Å². The van der Waals surface area contributed by atoms with Crippen LogP contribution in [0, 0.1) is 11.8 Å². The van der Waals surface area contributed by atoms with Gasteiger partial charge in [0.15, 0.2) is 0 Å². The third kappa shape index (κ3) is 3.23. The lowest BCUT2D eigenvalue weighted by Crippen LogP contribution is -2.50. The number of H-pyrrole nitrogens is 1. The first-order chi connectivity index (χ1) is 11.7. The third-order valence-electron chi connectivity index (χ3n) is 4.87. The molecule has 5 nitrogen and oxygen atoms in total. The number of nitrogens with one attached hydrogen (secondary N) is 1. The summed E-state index contributed by atoms with van der Waals surface area (Å²) in [4.78, 5) is 0.278. The first-order valence-electron chi connectivity index (χ1n) is 8.54. The lowest BCUT2D eigenvalue weighted by Gasteiger charge is -2.44. The Balaban J connectivity index is 2.16. The number of halogens is 1. The lowest BCUT2D eigenvalue weighted by molar-refractivity contribution is 0.151. The molecule has 0 saturated heterocycles. The fourth-order valence-electron chi connectivity index (χ4n) is 3.62. The molecule has 1 N–H and O–H groups in total. The monoisotopic (exact) mass is 381 g/mol. The maximum absolute atomic E-state index is 13.5. The number of aromatic amines is 1. The molecule has 2 aromatic rings. The van der Waals surface area contributed by atoms with Gasteiger partial charge in [-0.1, -0.05) is 39.3 Å². The molecule has 0 saturated carbocycles. The number of fused-ring (bicyclic) bond motifs is 1. The molecule has 2 atom stereocenters. The lowest BCUT2D eigenvalue weighted by atomic mass is 9.86. The molecule has 0 bridgehead atoms. The van der Waals surface area contributed by atoms with Gasteiger partial charge < -0.3 is 0 Å². The van der Waals surface area contributed by atoms with E-state index in [0.717, 1.165) is 11.3 Å². The Morgan fingerprint density at radius 2 is 1.80 bits per heavy atom. The summed E-state index contributed by atoms with van der Waals surface area (Å²) in [6, 6.07) is 6.04. The second-order valence-electron chi connectivity index (χ2n) is 7.30.